The van der Waals surface area contributed by atoms with Gasteiger partial charge in [-0.1, -0.05) is 5.57 Å². The van der Waals surface area contributed by atoms with Crippen LogP contribution in [0.4, 0.5) is 0 Å². The van der Waals surface area contributed by atoms with E-state index in [4.69, 9.17) is 18.9 Å². The SMILES string of the molecule is COCOC1CC2=CC(OC)OCC2C(O)C1O. The molecule has 2 N–H and O–H groups in total. The third-order valence-electron chi connectivity index (χ3n) is 3.48. The molecular weight excluding hydrogens is 240 g/mol. The zero-order chi connectivity index (χ0) is 13.1. The number of rotatable bonds is 4. The second kappa shape index (κ2) is 6.10. The van der Waals surface area contributed by atoms with Crippen molar-refractivity contribution in [2.45, 2.75) is 31.0 Å². The Kier molecular flexibility index (Phi) is 4.71. The first kappa shape index (κ1) is 13.9. The minimum atomic E-state index is -0.926. The van der Waals surface area contributed by atoms with Gasteiger partial charge in [0.15, 0.2) is 6.29 Å². The summed E-state index contributed by atoms with van der Waals surface area (Å²) in [6.45, 7) is 0.441. The zero-order valence-electron chi connectivity index (χ0n) is 10.6. The summed E-state index contributed by atoms with van der Waals surface area (Å²) in [5.41, 5.74) is 1.01. The Bertz CT molecular complexity index is 305. The molecule has 1 heterocycles. The molecule has 104 valence electrons. The highest BCUT2D eigenvalue weighted by atomic mass is 16.7. The quantitative estimate of drug-likeness (QED) is 0.531. The first-order valence-corrected chi connectivity index (χ1v) is 5.99. The average Bonchev–Trinajstić information content (AvgIpc) is 2.40. The number of aliphatic hydroxyl groups is 2. The van der Waals surface area contributed by atoms with Crippen molar-refractivity contribution < 1.29 is 29.2 Å². The average molecular weight is 260 g/mol. The lowest BCUT2D eigenvalue weighted by atomic mass is 9.78. The highest BCUT2D eigenvalue weighted by Gasteiger charge is 2.42. The molecule has 5 atom stereocenters. The molecule has 1 aliphatic heterocycles. The van der Waals surface area contributed by atoms with Crippen LogP contribution >= 0.6 is 0 Å². The second-order valence-corrected chi connectivity index (χ2v) is 4.58. The summed E-state index contributed by atoms with van der Waals surface area (Å²) >= 11 is 0. The van der Waals surface area contributed by atoms with Crippen LogP contribution in [0, 0.1) is 5.92 Å². The standard InChI is InChI=1S/C12H20O6/c1-15-6-18-9-3-7-4-10(16-2)17-5-8(7)11(13)12(9)14/h4,8-14H,3,5-6H2,1-2H3. The molecule has 6 nitrogen and oxygen atoms in total. The van der Waals surface area contributed by atoms with E-state index < -0.39 is 18.3 Å². The van der Waals surface area contributed by atoms with Crippen molar-refractivity contribution in [1.29, 1.82) is 0 Å². The van der Waals surface area contributed by atoms with Crippen LogP contribution in [0.15, 0.2) is 11.6 Å². The molecule has 0 saturated heterocycles. The Balaban J connectivity index is 2.08. The molecule has 0 aromatic rings. The van der Waals surface area contributed by atoms with E-state index in [2.05, 4.69) is 0 Å². The number of hydrogen-bond donors (Lipinski definition) is 2. The summed E-state index contributed by atoms with van der Waals surface area (Å²) in [5.74, 6) is -0.186. The fraction of sp³-hybridized carbons (Fsp3) is 0.833. The van der Waals surface area contributed by atoms with Gasteiger partial charge >= 0.3 is 0 Å². The van der Waals surface area contributed by atoms with Crippen LogP contribution in [0.25, 0.3) is 0 Å². The number of aliphatic hydroxyl groups excluding tert-OH is 2. The lowest BCUT2D eigenvalue weighted by Crippen LogP contribution is -2.51. The maximum absolute atomic E-state index is 10.1. The highest BCUT2D eigenvalue weighted by Crippen LogP contribution is 2.35. The van der Waals surface area contributed by atoms with E-state index >= 15 is 0 Å². The van der Waals surface area contributed by atoms with Gasteiger partial charge < -0.3 is 29.2 Å². The van der Waals surface area contributed by atoms with E-state index in [1.165, 1.54) is 7.11 Å². The van der Waals surface area contributed by atoms with Gasteiger partial charge in [-0.05, 0) is 12.5 Å². The van der Waals surface area contributed by atoms with Crippen LogP contribution in [-0.2, 0) is 18.9 Å². The molecule has 6 heteroatoms. The molecule has 0 spiro atoms. The highest BCUT2D eigenvalue weighted by molar-refractivity contribution is 5.19. The fourth-order valence-corrected chi connectivity index (χ4v) is 2.45. The maximum Gasteiger partial charge on any atom is 0.176 e. The molecule has 0 radical (unpaired) electrons. The molecule has 1 saturated carbocycles. The summed E-state index contributed by atoms with van der Waals surface area (Å²) in [7, 11) is 3.08. The zero-order valence-corrected chi connectivity index (χ0v) is 10.6. The lowest BCUT2D eigenvalue weighted by Gasteiger charge is -2.41. The van der Waals surface area contributed by atoms with Crippen molar-refractivity contribution in [2.24, 2.45) is 5.92 Å². The van der Waals surface area contributed by atoms with E-state index in [1.54, 1.807) is 7.11 Å². The molecule has 0 aromatic carbocycles. The van der Waals surface area contributed by atoms with Gasteiger partial charge in [-0.25, -0.2) is 0 Å². The van der Waals surface area contributed by atoms with Crippen LogP contribution in [0.2, 0.25) is 0 Å². The Morgan fingerprint density at radius 3 is 2.78 bits per heavy atom. The van der Waals surface area contributed by atoms with Crippen molar-refractivity contribution in [3.63, 3.8) is 0 Å². The van der Waals surface area contributed by atoms with Crippen molar-refractivity contribution >= 4 is 0 Å². The van der Waals surface area contributed by atoms with Gasteiger partial charge in [0.1, 0.15) is 12.9 Å². The fourth-order valence-electron chi connectivity index (χ4n) is 2.45. The normalized spacial score (nSPS) is 40.2. The number of fused-ring (bicyclic) bond motifs is 1. The summed E-state index contributed by atoms with van der Waals surface area (Å²) in [4.78, 5) is 0. The summed E-state index contributed by atoms with van der Waals surface area (Å²) in [6.07, 6.45) is -0.267. The molecule has 0 amide bonds. The molecule has 0 bridgehead atoms. The topological polar surface area (TPSA) is 77.4 Å². The van der Waals surface area contributed by atoms with Gasteiger partial charge in [-0.15, -0.1) is 0 Å². The molecule has 0 aromatic heterocycles. The molecule has 2 rings (SSSR count). The maximum atomic E-state index is 10.1. The van der Waals surface area contributed by atoms with Crippen molar-refractivity contribution in [1.82, 2.24) is 0 Å². The number of methoxy groups -OCH3 is 2. The van der Waals surface area contributed by atoms with E-state index in [9.17, 15) is 10.2 Å². The van der Waals surface area contributed by atoms with E-state index in [1.807, 2.05) is 6.08 Å². The Hall–Kier alpha value is -0.500. The Labute approximate surface area is 106 Å². The summed E-state index contributed by atoms with van der Waals surface area (Å²) in [6, 6.07) is 0. The number of hydrogen-bond acceptors (Lipinski definition) is 6. The van der Waals surface area contributed by atoms with E-state index in [0.29, 0.717) is 13.0 Å². The van der Waals surface area contributed by atoms with Gasteiger partial charge in [0.2, 0.25) is 0 Å². The van der Waals surface area contributed by atoms with Gasteiger partial charge in [0.05, 0.1) is 18.8 Å². The minimum Gasteiger partial charge on any atom is -0.390 e. The third-order valence-corrected chi connectivity index (χ3v) is 3.48. The smallest absolute Gasteiger partial charge is 0.176 e. The molecule has 2 aliphatic rings. The minimum absolute atomic E-state index is 0.0938. The van der Waals surface area contributed by atoms with Crippen LogP contribution < -0.4 is 0 Å². The Morgan fingerprint density at radius 1 is 1.33 bits per heavy atom. The van der Waals surface area contributed by atoms with Crippen LogP contribution in [0.3, 0.4) is 0 Å². The van der Waals surface area contributed by atoms with Crippen LogP contribution in [0.5, 0.6) is 0 Å². The van der Waals surface area contributed by atoms with Gasteiger partial charge in [0.25, 0.3) is 0 Å². The van der Waals surface area contributed by atoms with Crippen molar-refractivity contribution in [3.8, 4) is 0 Å². The predicted molar refractivity (Wildman–Crippen MR) is 61.7 cm³/mol. The largest absolute Gasteiger partial charge is 0.390 e. The first-order chi connectivity index (χ1) is 8.67. The second-order valence-electron chi connectivity index (χ2n) is 4.58. The van der Waals surface area contributed by atoms with Gasteiger partial charge in [-0.2, -0.15) is 0 Å². The summed E-state index contributed by atoms with van der Waals surface area (Å²) < 4.78 is 20.7. The van der Waals surface area contributed by atoms with Crippen molar-refractivity contribution in [3.05, 3.63) is 11.6 Å². The molecule has 1 aliphatic carbocycles. The molecule has 1 fully saturated rings. The predicted octanol–water partition coefficient (Wildman–Crippen LogP) is -0.354. The van der Waals surface area contributed by atoms with E-state index in [-0.39, 0.29) is 19.0 Å². The van der Waals surface area contributed by atoms with E-state index in [0.717, 1.165) is 5.57 Å². The lowest BCUT2D eigenvalue weighted by molar-refractivity contribution is -0.176. The first-order valence-electron chi connectivity index (χ1n) is 5.99. The summed E-state index contributed by atoms with van der Waals surface area (Å²) in [5, 5.41) is 20.1. The monoisotopic (exact) mass is 260 g/mol. The molecular formula is C12H20O6. The molecule has 5 unspecified atom stereocenters. The van der Waals surface area contributed by atoms with Gasteiger partial charge in [-0.3, -0.25) is 0 Å². The number of ether oxygens (including phenoxy) is 4. The third kappa shape index (κ3) is 2.74. The van der Waals surface area contributed by atoms with Gasteiger partial charge in [0, 0.05) is 20.1 Å². The Morgan fingerprint density at radius 2 is 2.11 bits per heavy atom. The van der Waals surface area contributed by atoms with Crippen molar-refractivity contribution in [2.75, 3.05) is 27.6 Å². The molecule has 18 heavy (non-hydrogen) atoms. The van der Waals surface area contributed by atoms with Crippen LogP contribution in [0.1, 0.15) is 6.42 Å². The van der Waals surface area contributed by atoms with Crippen LogP contribution in [-0.4, -0.2) is 62.4 Å².